The second-order valence-electron chi connectivity index (χ2n) is 8.14. The van der Waals surface area contributed by atoms with Gasteiger partial charge in [0.1, 0.15) is 0 Å². The van der Waals surface area contributed by atoms with E-state index in [2.05, 4.69) is 51.8 Å². The van der Waals surface area contributed by atoms with Gasteiger partial charge in [-0.3, -0.25) is 9.88 Å². The molecule has 1 aliphatic carbocycles. The molecule has 1 aromatic heterocycles. The summed E-state index contributed by atoms with van der Waals surface area (Å²) in [6.45, 7) is 5.77. The number of hydrogen-bond donors (Lipinski definition) is 1. The van der Waals surface area contributed by atoms with Gasteiger partial charge in [0.15, 0.2) is 0 Å². The summed E-state index contributed by atoms with van der Waals surface area (Å²) in [4.78, 5) is 7.77. The molecule has 2 heterocycles. The van der Waals surface area contributed by atoms with E-state index in [0.717, 1.165) is 34.8 Å². The smallest absolute Gasteiger partial charge is 0.0980 e. The molecule has 1 saturated carbocycles. The number of alkyl halides is 1. The number of pyridine rings is 1. The lowest BCUT2D eigenvalue weighted by Crippen LogP contribution is -2.52. The van der Waals surface area contributed by atoms with Crippen LogP contribution in [0.4, 0.5) is 0 Å². The summed E-state index contributed by atoms with van der Waals surface area (Å²) in [6.07, 6.45) is 4.43. The molecule has 0 spiro atoms. The van der Waals surface area contributed by atoms with Crippen molar-refractivity contribution in [1.82, 2.24) is 9.88 Å². The lowest BCUT2D eigenvalue weighted by atomic mass is 9.68. The predicted octanol–water partition coefficient (Wildman–Crippen LogP) is 4.30. The van der Waals surface area contributed by atoms with Gasteiger partial charge in [-0.25, -0.2) is 0 Å². The third kappa shape index (κ3) is 3.33. The van der Waals surface area contributed by atoms with Crippen LogP contribution >= 0.6 is 15.9 Å². The maximum atomic E-state index is 9.54. The SMILES string of the molecule is CO[C@H](c1ccnc2ccc(CO)cc12)[C@@H](C)N1CC[C@@H]2C1C[C@H]2C(C)Br. The quantitative estimate of drug-likeness (QED) is 0.691. The van der Waals surface area contributed by atoms with Gasteiger partial charge in [-0.15, -0.1) is 0 Å². The van der Waals surface area contributed by atoms with Crippen molar-refractivity contribution in [2.45, 2.75) is 56.3 Å². The Hall–Kier alpha value is -1.01. The summed E-state index contributed by atoms with van der Waals surface area (Å²) in [5.74, 6) is 1.62. The molecular weight excluding hydrogens is 404 g/mol. The van der Waals surface area contributed by atoms with E-state index in [1.807, 2.05) is 18.3 Å². The summed E-state index contributed by atoms with van der Waals surface area (Å²) < 4.78 is 6.03. The first-order valence-electron chi connectivity index (χ1n) is 9.96. The highest BCUT2D eigenvalue weighted by Crippen LogP contribution is 2.50. The van der Waals surface area contributed by atoms with Crippen LogP contribution < -0.4 is 0 Å². The van der Waals surface area contributed by atoms with E-state index in [-0.39, 0.29) is 12.7 Å². The number of ether oxygens (including phenoxy) is 1. The molecule has 1 aliphatic heterocycles. The second kappa shape index (κ2) is 7.78. The molecule has 4 nitrogen and oxygen atoms in total. The van der Waals surface area contributed by atoms with Crippen molar-refractivity contribution in [3.8, 4) is 0 Å². The Morgan fingerprint density at radius 1 is 1.33 bits per heavy atom. The van der Waals surface area contributed by atoms with Crippen molar-refractivity contribution in [2.24, 2.45) is 11.8 Å². The maximum Gasteiger partial charge on any atom is 0.0980 e. The fourth-order valence-electron chi connectivity index (χ4n) is 5.32. The van der Waals surface area contributed by atoms with Gasteiger partial charge in [0.25, 0.3) is 0 Å². The number of aromatic nitrogens is 1. The molecule has 2 unspecified atom stereocenters. The van der Waals surface area contributed by atoms with Crippen LogP contribution in [0.3, 0.4) is 0 Å². The Balaban J connectivity index is 1.62. The number of rotatable bonds is 6. The molecule has 2 aliphatic rings. The van der Waals surface area contributed by atoms with Crippen LogP contribution in [0.25, 0.3) is 10.9 Å². The number of hydrogen-bond acceptors (Lipinski definition) is 4. The lowest BCUT2D eigenvalue weighted by Gasteiger charge is -2.48. The molecule has 1 N–H and O–H groups in total. The monoisotopic (exact) mass is 432 g/mol. The minimum absolute atomic E-state index is 0.0105. The molecule has 0 amide bonds. The van der Waals surface area contributed by atoms with Crippen molar-refractivity contribution in [2.75, 3.05) is 13.7 Å². The van der Waals surface area contributed by atoms with Crippen LogP contribution in [0, 0.1) is 11.8 Å². The summed E-state index contributed by atoms with van der Waals surface area (Å²) in [7, 11) is 1.81. The molecule has 1 saturated heterocycles. The van der Waals surface area contributed by atoms with Crippen molar-refractivity contribution >= 4 is 26.8 Å². The van der Waals surface area contributed by atoms with Crippen LogP contribution in [0.2, 0.25) is 0 Å². The van der Waals surface area contributed by atoms with Gasteiger partial charge < -0.3 is 9.84 Å². The van der Waals surface area contributed by atoms with Crippen molar-refractivity contribution in [1.29, 1.82) is 0 Å². The minimum Gasteiger partial charge on any atom is -0.392 e. The Labute approximate surface area is 170 Å². The molecule has 146 valence electrons. The van der Waals surface area contributed by atoms with Gasteiger partial charge in [-0.1, -0.05) is 28.9 Å². The highest BCUT2D eigenvalue weighted by Gasteiger charge is 2.51. The highest BCUT2D eigenvalue weighted by molar-refractivity contribution is 9.09. The van der Waals surface area contributed by atoms with Crippen molar-refractivity contribution in [3.05, 3.63) is 41.6 Å². The highest BCUT2D eigenvalue weighted by atomic mass is 79.9. The Morgan fingerprint density at radius 3 is 2.85 bits per heavy atom. The number of likely N-dealkylation sites (tertiary alicyclic amines) is 1. The zero-order valence-electron chi connectivity index (χ0n) is 16.3. The number of benzene rings is 1. The molecule has 5 heteroatoms. The third-order valence-electron chi connectivity index (χ3n) is 6.84. The summed E-state index contributed by atoms with van der Waals surface area (Å²) >= 11 is 3.79. The van der Waals surface area contributed by atoms with Crippen LogP contribution in [-0.4, -0.2) is 45.6 Å². The van der Waals surface area contributed by atoms with E-state index in [1.165, 1.54) is 18.4 Å². The first kappa shape index (κ1) is 19.3. The lowest BCUT2D eigenvalue weighted by molar-refractivity contribution is -0.0182. The molecule has 0 bridgehead atoms. The van der Waals surface area contributed by atoms with Gasteiger partial charge in [-0.05, 0) is 67.5 Å². The summed E-state index contributed by atoms with van der Waals surface area (Å²) in [5, 5.41) is 10.6. The Morgan fingerprint density at radius 2 is 2.15 bits per heavy atom. The average molecular weight is 433 g/mol. The molecule has 1 aromatic carbocycles. The molecule has 4 rings (SSSR count). The van der Waals surface area contributed by atoms with Crippen molar-refractivity contribution < 1.29 is 9.84 Å². The van der Waals surface area contributed by atoms with Gasteiger partial charge in [0, 0.05) is 35.6 Å². The van der Waals surface area contributed by atoms with E-state index in [9.17, 15) is 5.11 Å². The number of fused-ring (bicyclic) bond motifs is 2. The van der Waals surface area contributed by atoms with Gasteiger partial charge in [0.05, 0.1) is 18.2 Å². The topological polar surface area (TPSA) is 45.6 Å². The minimum atomic E-state index is -0.0105. The molecule has 0 radical (unpaired) electrons. The van der Waals surface area contributed by atoms with E-state index in [4.69, 9.17) is 4.74 Å². The first-order chi connectivity index (χ1) is 13.0. The zero-order valence-corrected chi connectivity index (χ0v) is 17.9. The molecule has 2 aromatic rings. The Kier molecular flexibility index (Phi) is 5.57. The largest absolute Gasteiger partial charge is 0.392 e. The number of nitrogens with zero attached hydrogens (tertiary/aromatic N) is 2. The number of methoxy groups -OCH3 is 1. The maximum absolute atomic E-state index is 9.54. The van der Waals surface area contributed by atoms with Gasteiger partial charge >= 0.3 is 0 Å². The fraction of sp³-hybridized carbons (Fsp3) is 0.591. The predicted molar refractivity (Wildman–Crippen MR) is 112 cm³/mol. The fourth-order valence-corrected chi connectivity index (χ4v) is 5.93. The van der Waals surface area contributed by atoms with E-state index in [0.29, 0.717) is 16.9 Å². The van der Waals surface area contributed by atoms with Crippen molar-refractivity contribution in [3.63, 3.8) is 0 Å². The third-order valence-corrected chi connectivity index (χ3v) is 7.52. The number of aliphatic hydroxyl groups is 1. The Bertz CT molecular complexity index is 812. The molecule has 27 heavy (non-hydrogen) atoms. The average Bonchev–Trinajstić information content (AvgIpc) is 2.97. The van der Waals surface area contributed by atoms with E-state index >= 15 is 0 Å². The molecule has 6 atom stereocenters. The standard InChI is InChI=1S/C22H29BrN2O2/c1-13(23)18-11-21-16(18)7-9-25(21)14(2)22(27-3)17-6-8-24-20-5-4-15(12-26)10-19(17)20/h4-6,8,10,13-14,16,18,21-22,26H,7,9,11-12H2,1-3H3/t13?,14-,16+,18+,21?,22+/m1/s1. The van der Waals surface area contributed by atoms with Crippen LogP contribution in [-0.2, 0) is 11.3 Å². The first-order valence-corrected chi connectivity index (χ1v) is 10.9. The zero-order chi connectivity index (χ0) is 19.1. The molecular formula is C22H29BrN2O2. The summed E-state index contributed by atoms with van der Waals surface area (Å²) in [5.41, 5.74) is 3.03. The van der Waals surface area contributed by atoms with Crippen LogP contribution in [0.5, 0.6) is 0 Å². The normalized spacial score (nSPS) is 28.6. The number of halogens is 1. The molecule has 2 fully saturated rings. The van der Waals surface area contributed by atoms with E-state index in [1.54, 1.807) is 7.11 Å². The van der Waals surface area contributed by atoms with Crippen LogP contribution in [0.1, 0.15) is 43.9 Å². The van der Waals surface area contributed by atoms with Gasteiger partial charge in [0.2, 0.25) is 0 Å². The second-order valence-corrected chi connectivity index (χ2v) is 9.59. The van der Waals surface area contributed by atoms with E-state index < -0.39 is 0 Å². The van der Waals surface area contributed by atoms with Gasteiger partial charge in [-0.2, -0.15) is 0 Å². The van der Waals surface area contributed by atoms with Crippen LogP contribution in [0.15, 0.2) is 30.5 Å². The summed E-state index contributed by atoms with van der Waals surface area (Å²) in [6, 6.07) is 9.04. The number of aliphatic hydroxyl groups excluding tert-OH is 1.